The predicted octanol–water partition coefficient (Wildman–Crippen LogP) is 0.562. The van der Waals surface area contributed by atoms with E-state index in [2.05, 4.69) is 0 Å². The molecule has 0 bridgehead atoms. The molecule has 2 rings (SSSR count). The zero-order chi connectivity index (χ0) is 15.1. The molecule has 0 saturated heterocycles. The minimum Gasteiger partial charge on any atom is -0.466 e. The van der Waals surface area contributed by atoms with Gasteiger partial charge in [-0.05, 0) is 32.6 Å². The highest BCUT2D eigenvalue weighted by molar-refractivity contribution is 5.81. The molecule has 1 N–H and O–H groups in total. The van der Waals surface area contributed by atoms with Crippen molar-refractivity contribution in [2.24, 2.45) is 23.7 Å². The maximum absolute atomic E-state index is 10.8. The monoisotopic (exact) mass is 286 g/mol. The fourth-order valence-corrected chi connectivity index (χ4v) is 1.87. The van der Waals surface area contributed by atoms with Gasteiger partial charge in [0, 0.05) is 12.5 Å². The minimum atomic E-state index is -0.223. The van der Waals surface area contributed by atoms with E-state index < -0.39 is 0 Å². The van der Waals surface area contributed by atoms with Gasteiger partial charge in [-0.25, -0.2) is 0 Å². The van der Waals surface area contributed by atoms with Crippen LogP contribution < -0.4 is 0 Å². The molecule has 2 aliphatic carbocycles. The smallest absolute Gasteiger partial charge is 0.309 e. The molecule has 0 heterocycles. The second kappa shape index (κ2) is 7.99. The Bertz CT molecular complexity index is 354. The lowest BCUT2D eigenvalue weighted by Gasteiger charge is -1.97. The molecule has 0 aromatic heterocycles. The summed E-state index contributed by atoms with van der Waals surface area (Å²) in [4.78, 5) is 31.7. The molecular weight excluding hydrogens is 264 g/mol. The van der Waals surface area contributed by atoms with Gasteiger partial charge in [0.25, 0.3) is 0 Å². The molecule has 0 amide bonds. The molecule has 6 heteroatoms. The van der Waals surface area contributed by atoms with Crippen molar-refractivity contribution in [1.29, 1.82) is 0 Å². The summed E-state index contributed by atoms with van der Waals surface area (Å²) in [5.74, 6) is -0.387. The van der Waals surface area contributed by atoms with Crippen molar-refractivity contribution in [3.05, 3.63) is 0 Å². The lowest BCUT2D eigenvalue weighted by molar-refractivity contribution is -0.146. The van der Waals surface area contributed by atoms with Crippen molar-refractivity contribution < 1.29 is 29.0 Å². The summed E-state index contributed by atoms with van der Waals surface area (Å²) in [5.41, 5.74) is 0. The van der Waals surface area contributed by atoms with Gasteiger partial charge in [0.05, 0.1) is 25.0 Å². The van der Waals surface area contributed by atoms with Gasteiger partial charge in [0.2, 0.25) is 0 Å². The molecule has 4 atom stereocenters. The normalized spacial score (nSPS) is 29.6. The van der Waals surface area contributed by atoms with Crippen LogP contribution in [0.5, 0.6) is 0 Å². The van der Waals surface area contributed by atoms with E-state index in [0.717, 1.165) is 12.7 Å². The molecule has 0 aliphatic heterocycles. The Labute approximate surface area is 118 Å². The first kappa shape index (κ1) is 16.6. The molecule has 2 saturated carbocycles. The summed E-state index contributed by atoms with van der Waals surface area (Å²) in [6.07, 6.45) is 2.30. The standard InChI is InChI=1S/C7H12O3.C7H10O3/c2*1-2-10-7(9)6-3-5(6)4-8/h5-6,8H,2-4H2,1H3;4-6H,2-3H2,1H3/t2*5-,6+/m00/s1. The van der Waals surface area contributed by atoms with Crippen molar-refractivity contribution in [2.75, 3.05) is 19.8 Å². The second-order valence-electron chi connectivity index (χ2n) is 4.93. The van der Waals surface area contributed by atoms with Crippen molar-refractivity contribution in [1.82, 2.24) is 0 Å². The number of hydrogen-bond donors (Lipinski definition) is 1. The molecular formula is C14H22O6. The third-order valence-electron chi connectivity index (χ3n) is 3.35. The van der Waals surface area contributed by atoms with Crippen molar-refractivity contribution in [3.8, 4) is 0 Å². The number of ether oxygens (including phenoxy) is 2. The van der Waals surface area contributed by atoms with Crippen molar-refractivity contribution >= 4 is 18.2 Å². The molecule has 0 spiro atoms. The first-order chi connectivity index (χ1) is 9.58. The van der Waals surface area contributed by atoms with Crippen LogP contribution >= 0.6 is 0 Å². The zero-order valence-electron chi connectivity index (χ0n) is 11.9. The topological polar surface area (TPSA) is 89.9 Å². The van der Waals surface area contributed by atoms with Crippen LogP contribution in [0.25, 0.3) is 0 Å². The number of aldehydes is 1. The van der Waals surface area contributed by atoms with Crippen LogP contribution in [0.3, 0.4) is 0 Å². The van der Waals surface area contributed by atoms with Crippen molar-refractivity contribution in [3.63, 3.8) is 0 Å². The summed E-state index contributed by atoms with van der Waals surface area (Å²) < 4.78 is 9.45. The largest absolute Gasteiger partial charge is 0.466 e. The summed E-state index contributed by atoms with van der Waals surface area (Å²) in [7, 11) is 0. The summed E-state index contributed by atoms with van der Waals surface area (Å²) >= 11 is 0. The summed E-state index contributed by atoms with van der Waals surface area (Å²) in [6, 6.07) is 0. The Morgan fingerprint density at radius 2 is 1.65 bits per heavy atom. The van der Waals surface area contributed by atoms with Crippen LogP contribution in [0, 0.1) is 23.7 Å². The maximum Gasteiger partial charge on any atom is 0.309 e. The molecule has 114 valence electrons. The summed E-state index contributed by atoms with van der Waals surface area (Å²) in [5, 5.41) is 8.59. The first-order valence-electron chi connectivity index (χ1n) is 6.98. The van der Waals surface area contributed by atoms with Gasteiger partial charge in [-0.2, -0.15) is 0 Å². The van der Waals surface area contributed by atoms with Gasteiger partial charge in [-0.3, -0.25) is 9.59 Å². The number of hydrogen-bond acceptors (Lipinski definition) is 6. The molecule has 20 heavy (non-hydrogen) atoms. The quantitative estimate of drug-likeness (QED) is 0.567. The van der Waals surface area contributed by atoms with Gasteiger partial charge < -0.3 is 19.4 Å². The van der Waals surface area contributed by atoms with E-state index in [-0.39, 0.29) is 42.2 Å². The van der Waals surface area contributed by atoms with Crippen LogP contribution in [-0.2, 0) is 23.9 Å². The van der Waals surface area contributed by atoms with Crippen LogP contribution in [-0.4, -0.2) is 43.2 Å². The Morgan fingerprint density at radius 3 is 2.00 bits per heavy atom. The Balaban J connectivity index is 0.000000200. The highest BCUT2D eigenvalue weighted by Crippen LogP contribution is 2.38. The Hall–Kier alpha value is -1.43. The number of aliphatic hydroxyl groups is 1. The molecule has 0 radical (unpaired) electrons. The number of esters is 2. The third kappa shape index (κ3) is 4.92. The van der Waals surface area contributed by atoms with Gasteiger partial charge in [-0.15, -0.1) is 0 Å². The molecule has 0 unspecified atom stereocenters. The van der Waals surface area contributed by atoms with E-state index in [9.17, 15) is 14.4 Å². The van der Waals surface area contributed by atoms with E-state index >= 15 is 0 Å². The van der Waals surface area contributed by atoms with E-state index in [1.165, 1.54) is 0 Å². The lowest BCUT2D eigenvalue weighted by atomic mass is 10.3. The Kier molecular flexibility index (Phi) is 6.64. The average molecular weight is 286 g/mol. The number of carbonyl (C=O) groups is 3. The Morgan fingerprint density at radius 1 is 1.10 bits per heavy atom. The van der Waals surface area contributed by atoms with Crippen molar-refractivity contribution in [2.45, 2.75) is 26.7 Å². The van der Waals surface area contributed by atoms with Gasteiger partial charge >= 0.3 is 11.9 Å². The van der Waals surface area contributed by atoms with Crippen LogP contribution in [0.2, 0.25) is 0 Å². The van der Waals surface area contributed by atoms with E-state index in [4.69, 9.17) is 14.6 Å². The molecule has 0 aromatic rings. The lowest BCUT2D eigenvalue weighted by Crippen LogP contribution is -2.08. The SMILES string of the molecule is CCOC(=O)[C@@H]1C[C@H]1C=O.CCOC(=O)[C@@H]1C[C@H]1CO. The number of rotatable bonds is 6. The third-order valence-corrected chi connectivity index (χ3v) is 3.35. The zero-order valence-corrected chi connectivity index (χ0v) is 11.9. The highest BCUT2D eigenvalue weighted by atomic mass is 16.5. The maximum atomic E-state index is 10.8. The molecule has 2 fully saturated rings. The molecule has 6 nitrogen and oxygen atoms in total. The number of aliphatic hydroxyl groups excluding tert-OH is 1. The van der Waals surface area contributed by atoms with Crippen LogP contribution in [0.4, 0.5) is 0 Å². The number of carbonyl (C=O) groups excluding carboxylic acids is 3. The van der Waals surface area contributed by atoms with E-state index in [0.29, 0.717) is 19.6 Å². The van der Waals surface area contributed by atoms with Gasteiger partial charge in [-0.1, -0.05) is 0 Å². The molecule has 2 aliphatic rings. The predicted molar refractivity (Wildman–Crippen MR) is 69.6 cm³/mol. The summed E-state index contributed by atoms with van der Waals surface area (Å²) in [6.45, 7) is 4.50. The van der Waals surface area contributed by atoms with E-state index in [1.54, 1.807) is 13.8 Å². The fourth-order valence-electron chi connectivity index (χ4n) is 1.87. The van der Waals surface area contributed by atoms with Crippen LogP contribution in [0.1, 0.15) is 26.7 Å². The highest BCUT2D eigenvalue weighted by Gasteiger charge is 2.44. The molecule has 0 aromatic carbocycles. The average Bonchev–Trinajstić information content (AvgIpc) is 3.32. The second-order valence-corrected chi connectivity index (χ2v) is 4.93. The first-order valence-corrected chi connectivity index (χ1v) is 6.98. The van der Waals surface area contributed by atoms with Crippen LogP contribution in [0.15, 0.2) is 0 Å². The minimum absolute atomic E-state index is 0.00931. The van der Waals surface area contributed by atoms with Gasteiger partial charge in [0.1, 0.15) is 6.29 Å². The fraction of sp³-hybridized carbons (Fsp3) is 0.786. The van der Waals surface area contributed by atoms with E-state index in [1.807, 2.05) is 0 Å². The van der Waals surface area contributed by atoms with Gasteiger partial charge in [0.15, 0.2) is 0 Å².